The number of ether oxygens (including phenoxy) is 1. The summed E-state index contributed by atoms with van der Waals surface area (Å²) < 4.78 is 17.4. The van der Waals surface area contributed by atoms with Crippen LogP contribution in [0.15, 0.2) is 36.7 Å². The maximum Gasteiger partial charge on any atom is 0.119 e. The maximum atomic E-state index is 11.9. The number of allylic oxidation sites excluding steroid dienone is 1. The van der Waals surface area contributed by atoms with Crippen molar-refractivity contribution in [1.82, 2.24) is 0 Å². The molecule has 1 saturated carbocycles. The van der Waals surface area contributed by atoms with Crippen molar-refractivity contribution in [1.29, 1.82) is 0 Å². The van der Waals surface area contributed by atoms with E-state index in [1.807, 2.05) is 6.92 Å². The van der Waals surface area contributed by atoms with Crippen LogP contribution >= 0.6 is 0 Å². The second kappa shape index (κ2) is 8.08. The van der Waals surface area contributed by atoms with Crippen LogP contribution in [0.4, 0.5) is 4.39 Å². The van der Waals surface area contributed by atoms with E-state index in [2.05, 4.69) is 24.3 Å². The molecule has 1 aliphatic rings. The summed E-state index contributed by atoms with van der Waals surface area (Å²) in [4.78, 5) is 0. The number of hydrogen-bond acceptors (Lipinski definition) is 1. The molecule has 0 heterocycles. The normalized spacial score (nSPS) is 23.1. The third-order valence-corrected chi connectivity index (χ3v) is 4.34. The fourth-order valence-corrected chi connectivity index (χ4v) is 3.18. The first-order valence-corrected chi connectivity index (χ1v) is 7.81. The number of rotatable bonds is 6. The van der Waals surface area contributed by atoms with Gasteiger partial charge in [0, 0.05) is 0 Å². The lowest BCUT2D eigenvalue weighted by Gasteiger charge is -2.28. The Labute approximate surface area is 121 Å². The van der Waals surface area contributed by atoms with Gasteiger partial charge in [0.05, 0.1) is 12.9 Å². The molecule has 110 valence electrons. The molecule has 1 aliphatic carbocycles. The van der Waals surface area contributed by atoms with Crippen LogP contribution in [0.5, 0.6) is 5.75 Å². The maximum absolute atomic E-state index is 11.9. The summed E-state index contributed by atoms with van der Waals surface area (Å²) >= 11 is 0. The summed E-state index contributed by atoms with van der Waals surface area (Å²) in [6.45, 7) is 2.73. The van der Waals surface area contributed by atoms with E-state index >= 15 is 0 Å². The van der Waals surface area contributed by atoms with E-state index in [0.717, 1.165) is 31.1 Å². The molecular formula is C18H25FO. The Kier molecular flexibility index (Phi) is 6.10. The van der Waals surface area contributed by atoms with Gasteiger partial charge in [-0.05, 0) is 75.0 Å². The summed E-state index contributed by atoms with van der Waals surface area (Å²) in [5.74, 6) is 2.44. The molecule has 0 radical (unpaired) electrons. The molecule has 0 bridgehead atoms. The average Bonchev–Trinajstić information content (AvgIpc) is 2.49. The van der Waals surface area contributed by atoms with Crippen LogP contribution in [-0.4, -0.2) is 6.61 Å². The van der Waals surface area contributed by atoms with Crippen LogP contribution in [0.25, 0.3) is 0 Å². The van der Waals surface area contributed by atoms with Crippen LogP contribution in [0, 0.1) is 5.92 Å². The van der Waals surface area contributed by atoms with Gasteiger partial charge in [-0.2, -0.15) is 0 Å². The average molecular weight is 276 g/mol. The lowest BCUT2D eigenvalue weighted by Crippen LogP contribution is -2.13. The van der Waals surface area contributed by atoms with E-state index in [1.165, 1.54) is 31.2 Å². The summed E-state index contributed by atoms with van der Waals surface area (Å²) in [6, 6.07) is 8.58. The smallest absolute Gasteiger partial charge is 0.119 e. The third-order valence-electron chi connectivity index (χ3n) is 4.34. The minimum Gasteiger partial charge on any atom is -0.494 e. The summed E-state index contributed by atoms with van der Waals surface area (Å²) in [7, 11) is 0. The molecule has 1 aromatic carbocycles. The van der Waals surface area contributed by atoms with Crippen LogP contribution in [0.2, 0.25) is 0 Å². The van der Waals surface area contributed by atoms with Crippen molar-refractivity contribution in [2.24, 2.45) is 5.92 Å². The molecule has 0 amide bonds. The molecule has 1 nitrogen and oxygen atoms in total. The van der Waals surface area contributed by atoms with Gasteiger partial charge in [-0.1, -0.05) is 18.2 Å². The highest BCUT2D eigenvalue weighted by molar-refractivity contribution is 5.29. The van der Waals surface area contributed by atoms with Crippen molar-refractivity contribution in [3.8, 4) is 5.75 Å². The highest BCUT2D eigenvalue weighted by Crippen LogP contribution is 2.37. The lowest BCUT2D eigenvalue weighted by atomic mass is 9.77. The van der Waals surface area contributed by atoms with Crippen LogP contribution in [0.1, 0.15) is 56.9 Å². The molecule has 0 unspecified atom stereocenters. The zero-order chi connectivity index (χ0) is 14.2. The van der Waals surface area contributed by atoms with Crippen LogP contribution < -0.4 is 4.74 Å². The summed E-state index contributed by atoms with van der Waals surface area (Å²) in [5.41, 5.74) is 1.44. The van der Waals surface area contributed by atoms with Crippen molar-refractivity contribution in [3.05, 3.63) is 42.2 Å². The molecule has 0 N–H and O–H groups in total. The minimum atomic E-state index is 0.672. The fourth-order valence-electron chi connectivity index (χ4n) is 3.18. The van der Waals surface area contributed by atoms with Gasteiger partial charge in [-0.25, -0.2) is 4.39 Å². The monoisotopic (exact) mass is 276 g/mol. The topological polar surface area (TPSA) is 9.23 Å². The summed E-state index contributed by atoms with van der Waals surface area (Å²) in [5, 5.41) is 0. The molecule has 1 aromatic rings. The number of halogens is 1. The first kappa shape index (κ1) is 15.1. The second-order valence-electron chi connectivity index (χ2n) is 5.66. The van der Waals surface area contributed by atoms with Crippen LogP contribution in [-0.2, 0) is 0 Å². The number of benzene rings is 1. The van der Waals surface area contributed by atoms with Gasteiger partial charge in [0.15, 0.2) is 0 Å². The zero-order valence-corrected chi connectivity index (χ0v) is 12.4. The van der Waals surface area contributed by atoms with E-state index in [0.29, 0.717) is 12.2 Å². The molecule has 20 heavy (non-hydrogen) atoms. The highest BCUT2D eigenvalue weighted by Gasteiger charge is 2.21. The fraction of sp³-hybridized carbons (Fsp3) is 0.556. The van der Waals surface area contributed by atoms with Crippen LogP contribution in [0.3, 0.4) is 0 Å². The van der Waals surface area contributed by atoms with Crippen molar-refractivity contribution in [3.63, 3.8) is 0 Å². The summed E-state index contributed by atoms with van der Waals surface area (Å²) in [6.07, 6.45) is 9.40. The van der Waals surface area contributed by atoms with Crippen molar-refractivity contribution in [2.75, 3.05) is 6.61 Å². The first-order chi connectivity index (χ1) is 9.83. The number of hydrogen-bond donors (Lipinski definition) is 0. The Morgan fingerprint density at radius 3 is 2.45 bits per heavy atom. The molecular weight excluding hydrogens is 251 g/mol. The highest BCUT2D eigenvalue weighted by atomic mass is 19.1. The Morgan fingerprint density at radius 2 is 1.85 bits per heavy atom. The molecule has 0 atom stereocenters. The van der Waals surface area contributed by atoms with Crippen molar-refractivity contribution >= 4 is 0 Å². The quantitative estimate of drug-likeness (QED) is 0.655. The van der Waals surface area contributed by atoms with Gasteiger partial charge in [0.1, 0.15) is 5.75 Å². The largest absolute Gasteiger partial charge is 0.494 e. The van der Waals surface area contributed by atoms with Gasteiger partial charge in [0.25, 0.3) is 0 Å². The van der Waals surface area contributed by atoms with E-state index in [9.17, 15) is 4.39 Å². The SMILES string of the molecule is CCOc1ccc(C2CCC(CCC=CF)CC2)cc1. The molecule has 2 rings (SSSR count). The van der Waals surface area contributed by atoms with E-state index in [-0.39, 0.29) is 0 Å². The van der Waals surface area contributed by atoms with E-state index < -0.39 is 0 Å². The Morgan fingerprint density at radius 1 is 1.15 bits per heavy atom. The Balaban J connectivity index is 1.80. The van der Waals surface area contributed by atoms with Gasteiger partial charge in [-0.3, -0.25) is 0 Å². The Bertz CT molecular complexity index is 402. The molecule has 0 aliphatic heterocycles. The minimum absolute atomic E-state index is 0.672. The van der Waals surface area contributed by atoms with Gasteiger partial charge in [-0.15, -0.1) is 0 Å². The third kappa shape index (κ3) is 4.36. The first-order valence-electron chi connectivity index (χ1n) is 7.81. The standard InChI is InChI=1S/C18H25FO/c1-2-20-18-12-10-17(11-13-18)16-8-6-15(7-9-16)5-3-4-14-19/h4,10-16H,2-3,5-9H2,1H3. The molecule has 2 heteroatoms. The molecule has 0 saturated heterocycles. The van der Waals surface area contributed by atoms with Gasteiger partial charge >= 0.3 is 0 Å². The van der Waals surface area contributed by atoms with E-state index in [4.69, 9.17) is 4.74 Å². The predicted molar refractivity (Wildman–Crippen MR) is 81.8 cm³/mol. The molecule has 1 fully saturated rings. The zero-order valence-electron chi connectivity index (χ0n) is 12.4. The van der Waals surface area contributed by atoms with E-state index in [1.54, 1.807) is 6.08 Å². The second-order valence-corrected chi connectivity index (χ2v) is 5.66. The molecule has 0 aromatic heterocycles. The predicted octanol–water partition coefficient (Wildman–Crippen LogP) is 5.62. The van der Waals surface area contributed by atoms with Gasteiger partial charge < -0.3 is 4.74 Å². The molecule has 0 spiro atoms. The Hall–Kier alpha value is -1.31. The van der Waals surface area contributed by atoms with Crippen molar-refractivity contribution in [2.45, 2.75) is 51.4 Å². The lowest BCUT2D eigenvalue weighted by molar-refractivity contribution is 0.311. The van der Waals surface area contributed by atoms with Gasteiger partial charge in [0.2, 0.25) is 0 Å². The van der Waals surface area contributed by atoms with Crippen molar-refractivity contribution < 1.29 is 9.13 Å².